The number of rotatable bonds is 6. The van der Waals surface area contributed by atoms with Crippen LogP contribution in [0.5, 0.6) is 0 Å². The van der Waals surface area contributed by atoms with Crippen LogP contribution in [0.1, 0.15) is 38.0 Å². The van der Waals surface area contributed by atoms with Crippen LogP contribution in [0.15, 0.2) is 11.0 Å². The SMILES string of the molecule is CCC[C@]12CCO[C@@H](C1OP(O)(=S)OC)[C@H](n1cc(C)c(N)nc1=O)O2. The van der Waals surface area contributed by atoms with Crippen LogP contribution in [0.4, 0.5) is 5.82 Å². The Morgan fingerprint density at radius 1 is 1.62 bits per heavy atom. The summed E-state index contributed by atoms with van der Waals surface area (Å²) in [5.74, 6) is 0.175. The van der Waals surface area contributed by atoms with Crippen molar-refractivity contribution < 1.29 is 23.4 Å². The van der Waals surface area contributed by atoms with Crippen molar-refractivity contribution in [3.63, 3.8) is 0 Å². The first-order valence-corrected chi connectivity index (χ1v) is 11.0. The van der Waals surface area contributed by atoms with E-state index in [0.717, 1.165) is 6.42 Å². The van der Waals surface area contributed by atoms with E-state index in [1.165, 1.54) is 11.7 Å². The standard InChI is InChI=1S/C15H24N3O6PS/c1-4-5-15-6-7-22-10(11(15)24-25(20,26)21-3)13(23-15)18-8-9(2)12(16)17-14(18)19/h8,10-11,13H,4-7H2,1-3H3,(H,20,26)(H2,16,17,19)/t10-,11?,13+,15-,25?/m0/s1. The monoisotopic (exact) mass is 405 g/mol. The van der Waals surface area contributed by atoms with E-state index in [0.29, 0.717) is 25.0 Å². The fraction of sp³-hybridized carbons (Fsp3) is 0.733. The molecule has 5 atom stereocenters. The summed E-state index contributed by atoms with van der Waals surface area (Å²) in [6.07, 6.45) is 1.64. The smallest absolute Gasteiger partial charge is 0.351 e. The van der Waals surface area contributed by atoms with Crippen molar-refractivity contribution in [1.29, 1.82) is 0 Å². The molecule has 3 N–H and O–H groups in total. The molecule has 0 spiro atoms. The van der Waals surface area contributed by atoms with E-state index >= 15 is 0 Å². The van der Waals surface area contributed by atoms with Crippen molar-refractivity contribution in [2.45, 2.75) is 57.1 Å². The molecule has 11 heteroatoms. The molecule has 2 fully saturated rings. The summed E-state index contributed by atoms with van der Waals surface area (Å²) in [5, 5.41) is 0. The van der Waals surface area contributed by atoms with Gasteiger partial charge >= 0.3 is 12.4 Å². The first kappa shape index (κ1) is 19.9. The Bertz CT molecular complexity index is 785. The second-order valence-corrected chi connectivity index (χ2v) is 9.48. The molecule has 0 saturated carbocycles. The van der Waals surface area contributed by atoms with Gasteiger partial charge in [-0.3, -0.25) is 9.09 Å². The van der Waals surface area contributed by atoms with Crippen LogP contribution in [-0.4, -0.2) is 46.0 Å². The number of nitrogens with two attached hydrogens (primary N) is 1. The van der Waals surface area contributed by atoms with Gasteiger partial charge in [0.05, 0.1) is 6.61 Å². The molecule has 9 nitrogen and oxygen atoms in total. The Hall–Kier alpha value is -0.870. The first-order chi connectivity index (χ1) is 12.2. The highest BCUT2D eigenvalue weighted by Gasteiger charge is 2.60. The number of aryl methyl sites for hydroxylation is 1. The number of aromatic nitrogens is 2. The molecule has 2 unspecified atom stereocenters. The summed E-state index contributed by atoms with van der Waals surface area (Å²) in [7, 11) is 1.30. The van der Waals surface area contributed by atoms with E-state index in [9.17, 15) is 9.69 Å². The summed E-state index contributed by atoms with van der Waals surface area (Å²) in [6.45, 7) is 0.803. The van der Waals surface area contributed by atoms with Crippen molar-refractivity contribution >= 4 is 24.3 Å². The molecule has 2 aliphatic heterocycles. The lowest BCUT2D eigenvalue weighted by Gasteiger charge is -2.39. The Morgan fingerprint density at radius 2 is 2.35 bits per heavy atom. The highest BCUT2D eigenvalue weighted by atomic mass is 32.5. The molecular weight excluding hydrogens is 381 g/mol. The van der Waals surface area contributed by atoms with Crippen LogP contribution >= 0.6 is 6.72 Å². The maximum atomic E-state index is 12.4. The molecule has 3 heterocycles. The lowest BCUT2D eigenvalue weighted by molar-refractivity contribution is -0.120. The quantitative estimate of drug-likeness (QED) is 0.674. The predicted octanol–water partition coefficient (Wildman–Crippen LogP) is 1.24. The number of hydrogen-bond donors (Lipinski definition) is 2. The molecule has 2 aliphatic rings. The Balaban J connectivity index is 2.03. The molecule has 2 saturated heterocycles. The summed E-state index contributed by atoms with van der Waals surface area (Å²) >= 11 is 5.03. The lowest BCUT2D eigenvalue weighted by atomic mass is 9.86. The van der Waals surface area contributed by atoms with Crippen LogP contribution in [-0.2, 0) is 30.3 Å². The summed E-state index contributed by atoms with van der Waals surface area (Å²) < 4.78 is 24.3. The fourth-order valence-electron chi connectivity index (χ4n) is 3.63. The topological polar surface area (TPSA) is 118 Å². The van der Waals surface area contributed by atoms with Gasteiger partial charge in [0.1, 0.15) is 23.6 Å². The Morgan fingerprint density at radius 3 is 3.00 bits per heavy atom. The predicted molar refractivity (Wildman–Crippen MR) is 98.2 cm³/mol. The third-order valence-electron chi connectivity index (χ3n) is 4.89. The molecule has 2 bridgehead atoms. The van der Waals surface area contributed by atoms with Crippen molar-refractivity contribution in [1.82, 2.24) is 9.55 Å². The molecule has 0 radical (unpaired) electrons. The van der Waals surface area contributed by atoms with Crippen molar-refractivity contribution in [3.8, 4) is 0 Å². The van der Waals surface area contributed by atoms with Gasteiger partial charge in [0.15, 0.2) is 6.23 Å². The molecule has 1 aromatic rings. The van der Waals surface area contributed by atoms with Gasteiger partial charge in [-0.2, -0.15) is 4.98 Å². The minimum absolute atomic E-state index is 0.175. The maximum Gasteiger partial charge on any atom is 0.351 e. The number of nitrogens with zero attached hydrogens (tertiary/aromatic N) is 2. The van der Waals surface area contributed by atoms with Gasteiger partial charge in [0, 0.05) is 25.3 Å². The third kappa shape index (κ3) is 3.47. The van der Waals surface area contributed by atoms with E-state index in [4.69, 9.17) is 36.1 Å². The molecule has 1 aromatic heterocycles. The van der Waals surface area contributed by atoms with Crippen LogP contribution in [0.3, 0.4) is 0 Å². The van der Waals surface area contributed by atoms with Gasteiger partial charge in [-0.15, -0.1) is 0 Å². The third-order valence-corrected chi connectivity index (χ3v) is 6.55. The number of fused-ring (bicyclic) bond motifs is 2. The maximum absolute atomic E-state index is 12.4. The number of nitrogen functional groups attached to an aromatic ring is 1. The van der Waals surface area contributed by atoms with Crippen LogP contribution < -0.4 is 11.4 Å². The number of anilines is 1. The number of hydrogen-bond acceptors (Lipinski definition) is 8. The van der Waals surface area contributed by atoms with E-state index < -0.39 is 36.4 Å². The van der Waals surface area contributed by atoms with Crippen molar-refractivity contribution in [3.05, 3.63) is 22.2 Å². The lowest BCUT2D eigenvalue weighted by Crippen LogP contribution is -2.50. The van der Waals surface area contributed by atoms with E-state index in [2.05, 4.69) is 4.98 Å². The Kier molecular flexibility index (Phi) is 5.56. The van der Waals surface area contributed by atoms with Gasteiger partial charge in [-0.05, 0) is 25.2 Å². The summed E-state index contributed by atoms with van der Waals surface area (Å²) in [6, 6.07) is 0. The normalized spacial score (nSPS) is 33.2. The van der Waals surface area contributed by atoms with E-state index in [-0.39, 0.29) is 5.82 Å². The zero-order valence-corrected chi connectivity index (χ0v) is 16.7. The average Bonchev–Trinajstić information content (AvgIpc) is 2.74. The van der Waals surface area contributed by atoms with Gasteiger partial charge in [-0.25, -0.2) is 4.79 Å². The van der Waals surface area contributed by atoms with E-state index in [1.54, 1.807) is 13.1 Å². The fourth-order valence-corrected chi connectivity index (χ4v) is 4.59. The summed E-state index contributed by atoms with van der Waals surface area (Å²) in [5.41, 5.74) is 5.12. The highest BCUT2D eigenvalue weighted by Crippen LogP contribution is 2.55. The molecular formula is C15H24N3O6PS. The Labute approximate surface area is 156 Å². The van der Waals surface area contributed by atoms with Crippen molar-refractivity contribution in [2.75, 3.05) is 19.5 Å². The van der Waals surface area contributed by atoms with Crippen molar-refractivity contribution in [2.24, 2.45) is 0 Å². The molecule has 26 heavy (non-hydrogen) atoms. The molecule has 3 rings (SSSR count). The van der Waals surface area contributed by atoms with Crippen LogP contribution in [0.25, 0.3) is 0 Å². The molecule has 0 aromatic carbocycles. The van der Waals surface area contributed by atoms with Gasteiger partial charge < -0.3 is 24.6 Å². The summed E-state index contributed by atoms with van der Waals surface area (Å²) in [4.78, 5) is 26.4. The van der Waals surface area contributed by atoms with Gasteiger partial charge in [0.25, 0.3) is 0 Å². The molecule has 146 valence electrons. The first-order valence-electron chi connectivity index (χ1n) is 8.44. The minimum Gasteiger partial charge on any atom is -0.383 e. The van der Waals surface area contributed by atoms with Gasteiger partial charge in [0.2, 0.25) is 0 Å². The zero-order chi connectivity index (χ0) is 19.1. The van der Waals surface area contributed by atoms with Crippen LogP contribution in [0.2, 0.25) is 0 Å². The highest BCUT2D eigenvalue weighted by molar-refractivity contribution is 8.07. The second kappa shape index (κ2) is 7.27. The van der Waals surface area contributed by atoms with Crippen LogP contribution in [0, 0.1) is 6.92 Å². The van der Waals surface area contributed by atoms with E-state index in [1.807, 2.05) is 6.92 Å². The number of ether oxygens (including phenoxy) is 2. The zero-order valence-electron chi connectivity index (χ0n) is 15.0. The van der Waals surface area contributed by atoms with Gasteiger partial charge in [-0.1, -0.05) is 13.3 Å². The minimum atomic E-state index is -3.44. The molecule has 0 amide bonds. The molecule has 0 aliphatic carbocycles. The average molecular weight is 405 g/mol. The largest absolute Gasteiger partial charge is 0.383 e. The second-order valence-electron chi connectivity index (χ2n) is 6.58.